The number of rotatable bonds is 8. The van der Waals surface area contributed by atoms with Gasteiger partial charge in [-0.2, -0.15) is 0 Å². The first-order chi connectivity index (χ1) is 16.2. The van der Waals surface area contributed by atoms with E-state index in [9.17, 15) is 14.4 Å². The lowest BCUT2D eigenvalue weighted by molar-refractivity contribution is -0.145. The second-order valence-corrected chi connectivity index (χ2v) is 9.81. The van der Waals surface area contributed by atoms with Crippen LogP contribution in [-0.4, -0.2) is 54.3 Å². The van der Waals surface area contributed by atoms with Crippen molar-refractivity contribution in [3.63, 3.8) is 0 Å². The second-order valence-electron chi connectivity index (χ2n) is 9.81. The number of amides is 3. The summed E-state index contributed by atoms with van der Waals surface area (Å²) in [4.78, 5) is 40.8. The highest BCUT2D eigenvalue weighted by molar-refractivity contribution is 5.93. The molecule has 0 aromatic heterocycles. The minimum atomic E-state index is -0.757. The van der Waals surface area contributed by atoms with Crippen molar-refractivity contribution >= 4 is 28.5 Å². The summed E-state index contributed by atoms with van der Waals surface area (Å²) in [5.74, 6) is -0.601. The number of benzene rings is 2. The first-order valence-corrected chi connectivity index (χ1v) is 11.9. The third-order valence-corrected chi connectivity index (χ3v) is 6.04. The van der Waals surface area contributed by atoms with E-state index in [1.165, 1.54) is 0 Å². The highest BCUT2D eigenvalue weighted by Crippen LogP contribution is 2.26. The zero-order chi connectivity index (χ0) is 24.7. The molecule has 0 spiro atoms. The molecule has 1 aliphatic heterocycles. The third-order valence-electron chi connectivity index (χ3n) is 6.04. The van der Waals surface area contributed by atoms with E-state index in [0.717, 1.165) is 22.8 Å². The van der Waals surface area contributed by atoms with Crippen LogP contribution in [0.25, 0.3) is 10.8 Å². The van der Waals surface area contributed by atoms with Gasteiger partial charge in [-0.05, 0) is 29.2 Å². The van der Waals surface area contributed by atoms with Gasteiger partial charge in [0.15, 0.2) is 0 Å². The SMILES string of the molecule is CC(C)(C)C(=O)N1CCCC1C(=O)N[C@H](Cc1ccc2ccccc2c1)C(=O)NC/C=C/CN. The number of hydrogen-bond acceptors (Lipinski definition) is 4. The topological polar surface area (TPSA) is 105 Å². The number of carbonyl (C=O) groups excluding carboxylic acids is 3. The van der Waals surface area contributed by atoms with E-state index < -0.39 is 17.5 Å². The van der Waals surface area contributed by atoms with Crippen LogP contribution >= 0.6 is 0 Å². The molecular weight excluding hydrogens is 428 g/mol. The van der Waals surface area contributed by atoms with Crippen LogP contribution in [0.2, 0.25) is 0 Å². The van der Waals surface area contributed by atoms with Crippen molar-refractivity contribution in [1.82, 2.24) is 15.5 Å². The molecule has 0 bridgehead atoms. The number of nitrogens with two attached hydrogens (primary N) is 1. The Morgan fingerprint density at radius 2 is 1.85 bits per heavy atom. The van der Waals surface area contributed by atoms with Crippen molar-refractivity contribution in [3.8, 4) is 0 Å². The molecule has 3 amide bonds. The maximum absolute atomic E-state index is 13.3. The average molecular weight is 465 g/mol. The Bertz CT molecular complexity index is 1060. The summed E-state index contributed by atoms with van der Waals surface area (Å²) in [6.45, 7) is 6.85. The predicted octanol–water partition coefficient (Wildman–Crippen LogP) is 2.54. The summed E-state index contributed by atoms with van der Waals surface area (Å²) >= 11 is 0. The van der Waals surface area contributed by atoms with Crippen molar-refractivity contribution in [2.75, 3.05) is 19.6 Å². The van der Waals surface area contributed by atoms with E-state index in [0.29, 0.717) is 32.5 Å². The Morgan fingerprint density at radius 1 is 1.12 bits per heavy atom. The molecule has 1 heterocycles. The van der Waals surface area contributed by atoms with Crippen molar-refractivity contribution < 1.29 is 14.4 Å². The number of carbonyl (C=O) groups is 3. The summed E-state index contributed by atoms with van der Waals surface area (Å²) in [6.07, 6.45) is 5.27. The highest BCUT2D eigenvalue weighted by Gasteiger charge is 2.39. The van der Waals surface area contributed by atoms with Crippen LogP contribution in [0.15, 0.2) is 54.6 Å². The van der Waals surface area contributed by atoms with Crippen LogP contribution in [0.3, 0.4) is 0 Å². The van der Waals surface area contributed by atoms with Crippen molar-refractivity contribution in [2.45, 2.75) is 52.1 Å². The molecule has 2 atom stereocenters. The number of likely N-dealkylation sites (tertiary alicyclic amines) is 1. The van der Waals surface area contributed by atoms with Gasteiger partial charge in [0, 0.05) is 31.5 Å². The van der Waals surface area contributed by atoms with Crippen molar-refractivity contribution in [1.29, 1.82) is 0 Å². The lowest BCUT2D eigenvalue weighted by Gasteiger charge is -2.31. The lowest BCUT2D eigenvalue weighted by Crippen LogP contribution is -2.55. The molecule has 4 N–H and O–H groups in total. The zero-order valence-electron chi connectivity index (χ0n) is 20.3. The van der Waals surface area contributed by atoms with E-state index >= 15 is 0 Å². The van der Waals surface area contributed by atoms with Crippen LogP contribution in [0.5, 0.6) is 0 Å². The molecular formula is C27H36N4O3. The number of hydrogen-bond donors (Lipinski definition) is 3. The van der Waals surface area contributed by atoms with Gasteiger partial charge in [0.1, 0.15) is 12.1 Å². The van der Waals surface area contributed by atoms with Crippen LogP contribution in [-0.2, 0) is 20.8 Å². The minimum absolute atomic E-state index is 0.0485. The summed E-state index contributed by atoms with van der Waals surface area (Å²) in [7, 11) is 0. The fraction of sp³-hybridized carbons (Fsp3) is 0.444. The number of fused-ring (bicyclic) bond motifs is 1. The molecule has 0 radical (unpaired) electrons. The van der Waals surface area contributed by atoms with E-state index in [4.69, 9.17) is 5.73 Å². The Balaban J connectivity index is 1.78. The molecule has 1 unspecified atom stereocenters. The van der Waals surface area contributed by atoms with Gasteiger partial charge in [-0.1, -0.05) is 75.4 Å². The minimum Gasteiger partial charge on any atom is -0.351 e. The monoisotopic (exact) mass is 464 g/mol. The van der Waals surface area contributed by atoms with Crippen molar-refractivity contribution in [3.05, 3.63) is 60.2 Å². The van der Waals surface area contributed by atoms with Gasteiger partial charge in [0.05, 0.1) is 0 Å². The molecule has 1 saturated heterocycles. The molecule has 182 valence electrons. The third kappa shape index (κ3) is 6.44. The van der Waals surface area contributed by atoms with E-state index in [1.807, 2.05) is 63.2 Å². The molecule has 7 nitrogen and oxygen atoms in total. The number of nitrogens with zero attached hydrogens (tertiary/aromatic N) is 1. The zero-order valence-corrected chi connectivity index (χ0v) is 20.3. The molecule has 2 aromatic carbocycles. The van der Waals surface area contributed by atoms with Gasteiger partial charge in [-0.25, -0.2) is 0 Å². The fourth-order valence-electron chi connectivity index (χ4n) is 4.25. The largest absolute Gasteiger partial charge is 0.351 e. The molecule has 1 aliphatic rings. The normalized spacial score (nSPS) is 17.2. The Morgan fingerprint density at radius 3 is 2.56 bits per heavy atom. The van der Waals surface area contributed by atoms with Crippen LogP contribution in [0.1, 0.15) is 39.2 Å². The smallest absolute Gasteiger partial charge is 0.243 e. The van der Waals surface area contributed by atoms with Gasteiger partial charge < -0.3 is 21.3 Å². The van der Waals surface area contributed by atoms with Gasteiger partial charge >= 0.3 is 0 Å². The predicted molar refractivity (Wildman–Crippen MR) is 135 cm³/mol. The number of nitrogens with one attached hydrogen (secondary N) is 2. The van der Waals surface area contributed by atoms with E-state index in [-0.39, 0.29) is 17.7 Å². The molecule has 7 heteroatoms. The molecule has 3 rings (SSSR count). The standard InChI is InChI=1S/C27H36N4O3/c1-27(2,3)26(34)31-16-8-11-23(31)25(33)30-22(24(32)29-15-7-6-14-28)18-19-12-13-20-9-4-5-10-21(20)17-19/h4-7,9-10,12-13,17,22-23H,8,11,14-16,18,28H2,1-3H3,(H,29,32)(H,30,33)/b7-6+/t22-,23?/m1/s1. The first-order valence-electron chi connectivity index (χ1n) is 11.9. The van der Waals surface area contributed by atoms with Crippen molar-refractivity contribution in [2.24, 2.45) is 11.1 Å². The van der Waals surface area contributed by atoms with Gasteiger partial charge in [-0.3, -0.25) is 14.4 Å². The maximum Gasteiger partial charge on any atom is 0.243 e. The van der Waals surface area contributed by atoms with Gasteiger partial charge in [0.2, 0.25) is 17.7 Å². The Labute approximate surface area is 201 Å². The van der Waals surface area contributed by atoms with Gasteiger partial charge in [-0.15, -0.1) is 0 Å². The van der Waals surface area contributed by atoms with Crippen LogP contribution in [0, 0.1) is 5.41 Å². The summed E-state index contributed by atoms with van der Waals surface area (Å²) in [5.41, 5.74) is 5.85. The summed E-state index contributed by atoms with van der Waals surface area (Å²) in [5, 5.41) is 7.99. The van der Waals surface area contributed by atoms with Crippen LogP contribution < -0.4 is 16.4 Å². The average Bonchev–Trinajstić information content (AvgIpc) is 3.30. The van der Waals surface area contributed by atoms with E-state index in [1.54, 1.807) is 17.1 Å². The Kier molecular flexibility index (Phi) is 8.45. The molecule has 34 heavy (non-hydrogen) atoms. The first kappa shape index (κ1) is 25.4. The maximum atomic E-state index is 13.3. The summed E-state index contributed by atoms with van der Waals surface area (Å²) in [6, 6.07) is 12.8. The van der Waals surface area contributed by atoms with Gasteiger partial charge in [0.25, 0.3) is 0 Å². The second kappa shape index (κ2) is 11.3. The molecule has 1 fully saturated rings. The molecule has 0 saturated carbocycles. The fourth-order valence-corrected chi connectivity index (χ4v) is 4.25. The Hall–Kier alpha value is -3.19. The lowest BCUT2D eigenvalue weighted by atomic mass is 9.94. The molecule has 0 aliphatic carbocycles. The van der Waals surface area contributed by atoms with E-state index in [2.05, 4.69) is 10.6 Å². The highest BCUT2D eigenvalue weighted by atomic mass is 16.2. The van der Waals surface area contributed by atoms with Crippen LogP contribution in [0.4, 0.5) is 0 Å². The molecule has 2 aromatic rings. The quantitative estimate of drug-likeness (QED) is 0.522. The summed E-state index contributed by atoms with van der Waals surface area (Å²) < 4.78 is 0.